The van der Waals surface area contributed by atoms with Crippen molar-refractivity contribution in [3.8, 4) is 0 Å². The Morgan fingerprint density at radius 2 is 1.44 bits per heavy atom. The quantitative estimate of drug-likeness (QED) is 0.626. The van der Waals surface area contributed by atoms with E-state index in [-0.39, 0.29) is 0 Å². The van der Waals surface area contributed by atoms with Crippen LogP contribution in [-0.4, -0.2) is 5.78 Å². The highest BCUT2D eigenvalue weighted by Crippen LogP contribution is 2.57. The number of rotatable bonds is 0. The van der Waals surface area contributed by atoms with Crippen LogP contribution in [0.1, 0.15) is 64.2 Å². The Bertz CT molecular complexity index is 348. The highest BCUT2D eigenvalue weighted by atomic mass is 16.1. The Balaban J connectivity index is 1.57. The Morgan fingerprint density at radius 1 is 0.667 bits per heavy atom. The van der Waals surface area contributed by atoms with Crippen LogP contribution in [0.3, 0.4) is 0 Å². The predicted molar refractivity (Wildman–Crippen MR) is 72.1 cm³/mol. The smallest absolute Gasteiger partial charge is 0.136 e. The molecule has 6 atom stereocenters. The summed E-state index contributed by atoms with van der Waals surface area (Å²) >= 11 is 0. The minimum atomic E-state index is 0.492. The highest BCUT2D eigenvalue weighted by molar-refractivity contribution is 5.83. The molecule has 0 aromatic rings. The van der Waals surface area contributed by atoms with Crippen molar-refractivity contribution in [2.24, 2.45) is 35.5 Å². The number of Topliss-reactive ketones (excluding diaryl/α,β-unsaturated/α-hetero) is 1. The van der Waals surface area contributed by atoms with Crippen LogP contribution in [0, 0.1) is 35.5 Å². The fourth-order valence-corrected chi connectivity index (χ4v) is 6.25. The lowest BCUT2D eigenvalue weighted by molar-refractivity contribution is -0.124. The zero-order chi connectivity index (χ0) is 12.1. The van der Waals surface area contributed by atoms with Gasteiger partial charge in [-0.15, -0.1) is 0 Å². The van der Waals surface area contributed by atoms with Crippen molar-refractivity contribution < 1.29 is 4.79 Å². The van der Waals surface area contributed by atoms with Gasteiger partial charge in [-0.1, -0.05) is 19.3 Å². The maximum absolute atomic E-state index is 12.0. The summed E-state index contributed by atoms with van der Waals surface area (Å²) in [5.74, 6) is 5.98. The highest BCUT2D eigenvalue weighted by Gasteiger charge is 2.50. The lowest BCUT2D eigenvalue weighted by atomic mass is 9.54. The Kier molecular flexibility index (Phi) is 2.78. The van der Waals surface area contributed by atoms with Crippen LogP contribution < -0.4 is 0 Å². The van der Waals surface area contributed by atoms with Crippen LogP contribution in [0.15, 0.2) is 0 Å². The van der Waals surface area contributed by atoms with Gasteiger partial charge in [-0.05, 0) is 68.1 Å². The Labute approximate surface area is 111 Å². The fourth-order valence-electron chi connectivity index (χ4n) is 6.25. The second-order valence-corrected chi connectivity index (χ2v) is 7.47. The molecule has 0 saturated heterocycles. The van der Waals surface area contributed by atoms with E-state index in [1.54, 1.807) is 0 Å². The van der Waals surface area contributed by atoms with E-state index in [0.717, 1.165) is 36.0 Å². The molecule has 0 radical (unpaired) electrons. The first-order valence-electron chi connectivity index (χ1n) is 8.37. The van der Waals surface area contributed by atoms with Gasteiger partial charge in [0.15, 0.2) is 0 Å². The van der Waals surface area contributed by atoms with E-state index in [0.29, 0.717) is 11.7 Å². The summed E-state index contributed by atoms with van der Waals surface area (Å²) in [6.07, 6.45) is 13.7. The molecule has 4 aliphatic carbocycles. The summed E-state index contributed by atoms with van der Waals surface area (Å²) in [6, 6.07) is 0. The first-order chi connectivity index (χ1) is 8.84. The summed E-state index contributed by atoms with van der Waals surface area (Å²) in [6.45, 7) is 0. The molecule has 1 nitrogen and oxygen atoms in total. The lowest BCUT2D eigenvalue weighted by Crippen LogP contribution is -2.44. The molecule has 0 unspecified atom stereocenters. The van der Waals surface area contributed by atoms with Crippen LogP contribution in [0.2, 0.25) is 0 Å². The molecule has 4 rings (SSSR count). The first-order valence-corrected chi connectivity index (χ1v) is 8.37. The van der Waals surface area contributed by atoms with Gasteiger partial charge in [-0.25, -0.2) is 0 Å². The van der Waals surface area contributed by atoms with Gasteiger partial charge in [0.1, 0.15) is 5.78 Å². The standard InChI is InChI=1S/C17H26O/c18-17-10-9-15-14-6-5-11-3-1-2-4-12(11)13(14)7-8-16(15)17/h11-16H,1-10H2/t11-,12+,13-,14-,15+,16+/m1/s1. The Morgan fingerprint density at radius 3 is 2.39 bits per heavy atom. The van der Waals surface area contributed by atoms with Gasteiger partial charge in [-0.3, -0.25) is 4.79 Å². The molecule has 4 saturated carbocycles. The van der Waals surface area contributed by atoms with Crippen molar-refractivity contribution in [1.82, 2.24) is 0 Å². The summed E-state index contributed by atoms with van der Waals surface area (Å²) < 4.78 is 0. The van der Waals surface area contributed by atoms with Gasteiger partial charge in [0.25, 0.3) is 0 Å². The fraction of sp³-hybridized carbons (Fsp3) is 0.941. The minimum absolute atomic E-state index is 0.492. The summed E-state index contributed by atoms with van der Waals surface area (Å²) in [4.78, 5) is 12.0. The zero-order valence-corrected chi connectivity index (χ0v) is 11.4. The van der Waals surface area contributed by atoms with Gasteiger partial charge >= 0.3 is 0 Å². The molecular formula is C17H26O. The van der Waals surface area contributed by atoms with Gasteiger partial charge in [-0.2, -0.15) is 0 Å². The molecule has 0 aliphatic heterocycles. The van der Waals surface area contributed by atoms with Gasteiger partial charge < -0.3 is 0 Å². The van der Waals surface area contributed by atoms with E-state index in [2.05, 4.69) is 0 Å². The molecule has 0 aromatic heterocycles. The molecule has 18 heavy (non-hydrogen) atoms. The van der Waals surface area contributed by atoms with Crippen molar-refractivity contribution in [2.45, 2.75) is 64.2 Å². The van der Waals surface area contributed by atoms with Crippen molar-refractivity contribution >= 4 is 5.78 Å². The molecule has 0 spiro atoms. The molecule has 100 valence electrons. The molecule has 1 heteroatoms. The largest absolute Gasteiger partial charge is 0.299 e. The van der Waals surface area contributed by atoms with Crippen LogP contribution in [0.25, 0.3) is 0 Å². The topological polar surface area (TPSA) is 17.1 Å². The predicted octanol–water partition coefficient (Wildman–Crippen LogP) is 4.21. The molecule has 0 heterocycles. The minimum Gasteiger partial charge on any atom is -0.299 e. The van der Waals surface area contributed by atoms with Crippen molar-refractivity contribution in [1.29, 1.82) is 0 Å². The van der Waals surface area contributed by atoms with Crippen LogP contribution in [0.5, 0.6) is 0 Å². The average Bonchev–Trinajstić information content (AvgIpc) is 2.80. The molecule has 0 N–H and O–H groups in total. The van der Waals surface area contributed by atoms with E-state index >= 15 is 0 Å². The zero-order valence-electron chi connectivity index (χ0n) is 11.4. The van der Waals surface area contributed by atoms with Crippen molar-refractivity contribution in [3.63, 3.8) is 0 Å². The molecule has 4 fully saturated rings. The summed E-state index contributed by atoms with van der Waals surface area (Å²) in [7, 11) is 0. The second kappa shape index (κ2) is 4.35. The third-order valence-electron chi connectivity index (χ3n) is 6.95. The number of hydrogen-bond donors (Lipinski definition) is 0. The van der Waals surface area contributed by atoms with Gasteiger partial charge in [0.2, 0.25) is 0 Å². The number of fused-ring (bicyclic) bond motifs is 5. The van der Waals surface area contributed by atoms with E-state index in [1.165, 1.54) is 57.8 Å². The molecule has 0 bridgehead atoms. The van der Waals surface area contributed by atoms with E-state index in [4.69, 9.17) is 0 Å². The molecule has 4 aliphatic rings. The molecule has 0 aromatic carbocycles. The molecule has 0 amide bonds. The van der Waals surface area contributed by atoms with Gasteiger partial charge in [0, 0.05) is 12.3 Å². The third kappa shape index (κ3) is 1.62. The third-order valence-corrected chi connectivity index (χ3v) is 6.95. The Hall–Kier alpha value is -0.330. The van der Waals surface area contributed by atoms with E-state index in [9.17, 15) is 4.79 Å². The second-order valence-electron chi connectivity index (χ2n) is 7.47. The van der Waals surface area contributed by atoms with E-state index in [1.807, 2.05) is 0 Å². The maximum Gasteiger partial charge on any atom is 0.136 e. The van der Waals surface area contributed by atoms with Crippen LogP contribution in [-0.2, 0) is 4.79 Å². The number of carbonyl (C=O) groups excluding carboxylic acids is 1. The number of carbonyl (C=O) groups is 1. The number of hydrogen-bond acceptors (Lipinski definition) is 1. The summed E-state index contributed by atoms with van der Waals surface area (Å²) in [5, 5.41) is 0. The first kappa shape index (κ1) is 11.5. The van der Waals surface area contributed by atoms with Gasteiger partial charge in [0.05, 0.1) is 0 Å². The van der Waals surface area contributed by atoms with Crippen molar-refractivity contribution in [2.75, 3.05) is 0 Å². The average molecular weight is 246 g/mol. The monoisotopic (exact) mass is 246 g/mol. The maximum atomic E-state index is 12.0. The van der Waals surface area contributed by atoms with Crippen LogP contribution >= 0.6 is 0 Å². The van der Waals surface area contributed by atoms with Crippen LogP contribution in [0.4, 0.5) is 0 Å². The summed E-state index contributed by atoms with van der Waals surface area (Å²) in [5.41, 5.74) is 0. The van der Waals surface area contributed by atoms with E-state index < -0.39 is 0 Å². The van der Waals surface area contributed by atoms with Crippen molar-refractivity contribution in [3.05, 3.63) is 0 Å². The SMILES string of the molecule is O=C1CC[C@H]2[C@@H]3CC[C@H]4CCCC[C@@H]4[C@H]3CC[C@H]12. The number of ketones is 1. The lowest BCUT2D eigenvalue weighted by Gasteiger charge is -2.51. The molecular weight excluding hydrogens is 220 g/mol. The normalized spacial score (nSPS) is 51.4.